The van der Waals surface area contributed by atoms with E-state index in [0.29, 0.717) is 30.9 Å². The summed E-state index contributed by atoms with van der Waals surface area (Å²) in [5.41, 5.74) is 0. The third kappa shape index (κ3) is 4.29. The minimum absolute atomic E-state index is 0.0126. The highest BCUT2D eigenvalue weighted by Gasteiger charge is 2.49. The molecule has 3 aliphatic rings. The van der Waals surface area contributed by atoms with Crippen LogP contribution in [0.2, 0.25) is 0 Å². The van der Waals surface area contributed by atoms with Crippen molar-refractivity contribution in [1.29, 1.82) is 0 Å². The molecule has 24 heavy (non-hydrogen) atoms. The van der Waals surface area contributed by atoms with Gasteiger partial charge in [0.2, 0.25) is 0 Å². The lowest BCUT2D eigenvalue weighted by Gasteiger charge is -2.26. The fraction of sp³-hybridized carbons (Fsp3) is 0.875. The molecule has 0 aromatic carbocycles. The Kier molecular flexibility index (Phi) is 6.13. The van der Waals surface area contributed by atoms with Crippen LogP contribution in [0.3, 0.4) is 0 Å². The molecule has 3 rings (SSSR count). The second-order valence-electron chi connectivity index (χ2n) is 6.63. The minimum Gasteiger partial charge on any atom is -0.441 e. The first-order valence-corrected chi connectivity index (χ1v) is 9.33. The summed E-state index contributed by atoms with van der Waals surface area (Å²) in [7, 11) is 0. The summed E-state index contributed by atoms with van der Waals surface area (Å²) in [6.45, 7) is 3.23. The van der Waals surface area contributed by atoms with Gasteiger partial charge in [-0.15, -0.1) is 0 Å². The quantitative estimate of drug-likeness (QED) is 0.649. The lowest BCUT2D eigenvalue weighted by atomic mass is 9.96. The summed E-state index contributed by atoms with van der Waals surface area (Å²) in [6.07, 6.45) is 5.02. The van der Waals surface area contributed by atoms with Gasteiger partial charge >= 0.3 is 6.09 Å². The second kappa shape index (κ2) is 8.31. The predicted octanol–water partition coefficient (Wildman–Crippen LogP) is 1.06. The van der Waals surface area contributed by atoms with Gasteiger partial charge in [0.05, 0.1) is 19.3 Å². The van der Waals surface area contributed by atoms with Crippen molar-refractivity contribution in [3.8, 4) is 0 Å². The van der Waals surface area contributed by atoms with Gasteiger partial charge in [0.1, 0.15) is 12.2 Å². The molecule has 4 atom stereocenters. The molecule has 0 aromatic rings. The number of carbonyl (C=O) groups is 1. The Hall–Kier alpha value is -1.12. The fourth-order valence-corrected chi connectivity index (χ4v) is 3.97. The number of alkyl carbamates (subject to hydrolysis) is 1. The minimum atomic E-state index is -0.429. The highest BCUT2D eigenvalue weighted by molar-refractivity contribution is 7.80. The van der Waals surface area contributed by atoms with E-state index < -0.39 is 6.09 Å². The SMILES string of the molecule is CCNC(=O)OC1COC2C(NC(=S)NC3CCCCC3)COC12. The molecule has 3 N–H and O–H groups in total. The van der Waals surface area contributed by atoms with Crippen LogP contribution in [0.25, 0.3) is 0 Å². The first kappa shape index (κ1) is 17.7. The molecule has 0 radical (unpaired) electrons. The highest BCUT2D eigenvalue weighted by Crippen LogP contribution is 2.29. The van der Waals surface area contributed by atoms with Crippen molar-refractivity contribution in [3.63, 3.8) is 0 Å². The van der Waals surface area contributed by atoms with Gasteiger partial charge in [-0.05, 0) is 32.0 Å². The van der Waals surface area contributed by atoms with Crippen LogP contribution in [-0.4, -0.2) is 61.4 Å². The van der Waals surface area contributed by atoms with E-state index in [0.717, 1.165) is 0 Å². The largest absolute Gasteiger partial charge is 0.441 e. The molecule has 2 heterocycles. The number of hydrogen-bond donors (Lipinski definition) is 3. The molecule has 1 saturated carbocycles. The van der Waals surface area contributed by atoms with Crippen LogP contribution >= 0.6 is 12.2 Å². The number of thiocarbonyl (C=S) groups is 1. The molecule has 0 spiro atoms. The predicted molar refractivity (Wildman–Crippen MR) is 93.0 cm³/mol. The Bertz CT molecular complexity index is 459. The molecule has 4 unspecified atom stereocenters. The number of ether oxygens (including phenoxy) is 3. The first-order chi connectivity index (χ1) is 11.7. The number of nitrogens with one attached hydrogen (secondary N) is 3. The lowest BCUT2D eigenvalue weighted by molar-refractivity contribution is 0.00424. The maximum absolute atomic E-state index is 11.6. The third-order valence-corrected chi connectivity index (χ3v) is 5.08. The van der Waals surface area contributed by atoms with Crippen molar-refractivity contribution in [3.05, 3.63) is 0 Å². The number of amides is 1. The Balaban J connectivity index is 1.45. The van der Waals surface area contributed by atoms with E-state index in [1.165, 1.54) is 32.1 Å². The van der Waals surface area contributed by atoms with Gasteiger partial charge < -0.3 is 30.2 Å². The van der Waals surface area contributed by atoms with Crippen molar-refractivity contribution < 1.29 is 19.0 Å². The van der Waals surface area contributed by atoms with Crippen LogP contribution in [0.1, 0.15) is 39.0 Å². The third-order valence-electron chi connectivity index (χ3n) is 4.84. The van der Waals surface area contributed by atoms with Crippen LogP contribution < -0.4 is 16.0 Å². The Labute approximate surface area is 148 Å². The zero-order chi connectivity index (χ0) is 16.9. The van der Waals surface area contributed by atoms with E-state index >= 15 is 0 Å². The molecule has 0 bridgehead atoms. The second-order valence-corrected chi connectivity index (χ2v) is 7.04. The van der Waals surface area contributed by atoms with Crippen molar-refractivity contribution in [2.45, 2.75) is 69.4 Å². The highest BCUT2D eigenvalue weighted by atomic mass is 32.1. The molecule has 1 amide bonds. The van der Waals surface area contributed by atoms with Gasteiger partial charge in [-0.25, -0.2) is 4.79 Å². The molecule has 8 heteroatoms. The van der Waals surface area contributed by atoms with Gasteiger partial charge in [-0.2, -0.15) is 0 Å². The Morgan fingerprint density at radius 1 is 1.12 bits per heavy atom. The average molecular weight is 357 g/mol. The number of carbonyl (C=O) groups excluding carboxylic acids is 1. The zero-order valence-electron chi connectivity index (χ0n) is 14.1. The molecule has 2 aliphatic heterocycles. The van der Waals surface area contributed by atoms with Crippen molar-refractivity contribution in [1.82, 2.24) is 16.0 Å². The van der Waals surface area contributed by atoms with Crippen LogP contribution in [0, 0.1) is 0 Å². The van der Waals surface area contributed by atoms with Crippen LogP contribution in [0.5, 0.6) is 0 Å². The molecule has 0 aromatic heterocycles. The maximum Gasteiger partial charge on any atom is 0.407 e. The van der Waals surface area contributed by atoms with Gasteiger partial charge in [-0.3, -0.25) is 0 Å². The van der Waals surface area contributed by atoms with Gasteiger partial charge in [0.15, 0.2) is 11.2 Å². The van der Waals surface area contributed by atoms with Crippen molar-refractivity contribution in [2.24, 2.45) is 0 Å². The fourth-order valence-electron chi connectivity index (χ4n) is 3.65. The zero-order valence-corrected chi connectivity index (χ0v) is 14.9. The van der Waals surface area contributed by atoms with E-state index in [-0.39, 0.29) is 24.4 Å². The summed E-state index contributed by atoms with van der Waals surface area (Å²) < 4.78 is 16.9. The maximum atomic E-state index is 11.6. The number of fused-ring (bicyclic) bond motifs is 1. The normalized spacial score (nSPS) is 32.9. The molecule has 1 aliphatic carbocycles. The van der Waals surface area contributed by atoms with E-state index in [1.807, 2.05) is 6.92 Å². The standard InChI is InChI=1S/C16H27N3O4S/c1-2-17-16(20)23-12-9-22-13-11(8-21-14(12)13)19-15(24)18-10-6-4-3-5-7-10/h10-14H,2-9H2,1H3,(H,17,20)(H2,18,19,24). The van der Waals surface area contributed by atoms with Crippen LogP contribution in [0.15, 0.2) is 0 Å². The first-order valence-electron chi connectivity index (χ1n) is 8.92. The number of hydrogen-bond acceptors (Lipinski definition) is 5. The molecular formula is C16H27N3O4S. The van der Waals surface area contributed by atoms with E-state index in [4.69, 9.17) is 26.4 Å². The monoisotopic (exact) mass is 357 g/mol. The van der Waals surface area contributed by atoms with Gasteiger partial charge in [-0.1, -0.05) is 19.3 Å². The van der Waals surface area contributed by atoms with Crippen LogP contribution in [0.4, 0.5) is 4.79 Å². The van der Waals surface area contributed by atoms with Crippen LogP contribution in [-0.2, 0) is 14.2 Å². The van der Waals surface area contributed by atoms with E-state index in [2.05, 4.69) is 16.0 Å². The average Bonchev–Trinajstić information content (AvgIpc) is 3.13. The topological polar surface area (TPSA) is 80.9 Å². The summed E-state index contributed by atoms with van der Waals surface area (Å²) >= 11 is 5.44. The molecular weight excluding hydrogens is 330 g/mol. The summed E-state index contributed by atoms with van der Waals surface area (Å²) in [6, 6.07) is 0.455. The van der Waals surface area contributed by atoms with E-state index in [1.54, 1.807) is 0 Å². The smallest absolute Gasteiger partial charge is 0.407 e. The summed E-state index contributed by atoms with van der Waals surface area (Å²) in [5, 5.41) is 9.99. The molecule has 2 saturated heterocycles. The summed E-state index contributed by atoms with van der Waals surface area (Å²) in [5.74, 6) is 0. The molecule has 3 fully saturated rings. The van der Waals surface area contributed by atoms with Gasteiger partial charge in [0.25, 0.3) is 0 Å². The summed E-state index contributed by atoms with van der Waals surface area (Å²) in [4.78, 5) is 11.6. The van der Waals surface area contributed by atoms with Gasteiger partial charge in [0, 0.05) is 12.6 Å². The Morgan fingerprint density at radius 3 is 2.62 bits per heavy atom. The lowest BCUT2D eigenvalue weighted by Crippen LogP contribution is -2.51. The van der Waals surface area contributed by atoms with Crippen molar-refractivity contribution in [2.75, 3.05) is 19.8 Å². The number of rotatable bonds is 4. The molecule has 136 valence electrons. The Morgan fingerprint density at radius 2 is 1.88 bits per heavy atom. The molecule has 7 nitrogen and oxygen atoms in total. The van der Waals surface area contributed by atoms with Crippen molar-refractivity contribution >= 4 is 23.4 Å². The van der Waals surface area contributed by atoms with E-state index in [9.17, 15) is 4.79 Å².